The molecule has 0 unspecified atom stereocenters. The normalized spacial score (nSPS) is 12.0. The highest BCUT2D eigenvalue weighted by Gasteiger charge is 2.18. The highest BCUT2D eigenvalue weighted by atomic mass is 32.1. The van der Waals surface area contributed by atoms with Gasteiger partial charge in [-0.05, 0) is 122 Å². The van der Waals surface area contributed by atoms with E-state index < -0.39 is 0 Å². The molecule has 0 saturated carbocycles. The molecule has 11 aromatic carbocycles. The van der Waals surface area contributed by atoms with Crippen LogP contribution in [0, 0.1) is 0 Å². The molecule has 0 aliphatic carbocycles. The Bertz CT molecular complexity index is 4560. The molecule has 0 aliphatic heterocycles. The highest BCUT2D eigenvalue weighted by molar-refractivity contribution is 7.27. The van der Waals surface area contributed by atoms with Gasteiger partial charge in [0.1, 0.15) is 0 Å². The number of fused-ring (bicyclic) bond motifs is 12. The third-order valence-electron chi connectivity index (χ3n) is 14.5. The van der Waals surface area contributed by atoms with Gasteiger partial charge in [0.15, 0.2) is 0 Å². The smallest absolute Gasteiger partial charge is 0.0541 e. The van der Waals surface area contributed by atoms with Crippen molar-refractivity contribution in [1.29, 1.82) is 0 Å². The van der Waals surface area contributed by atoms with Crippen molar-refractivity contribution in [2.45, 2.75) is 0 Å². The molecule has 4 aromatic heterocycles. The Hall–Kier alpha value is -8.12. The lowest BCUT2D eigenvalue weighted by molar-refractivity contribution is 1.18. The molecule has 0 saturated heterocycles. The quantitative estimate of drug-likeness (QED) is 0.157. The Kier molecular flexibility index (Phi) is 8.94. The molecule has 4 heterocycles. The zero-order valence-electron chi connectivity index (χ0n) is 37.7. The maximum absolute atomic E-state index is 2.45. The van der Waals surface area contributed by atoms with Crippen molar-refractivity contribution in [2.24, 2.45) is 0 Å². The molecule has 0 bridgehead atoms. The van der Waals surface area contributed by atoms with Crippen LogP contribution in [0.25, 0.3) is 144 Å². The van der Waals surface area contributed by atoms with E-state index in [1.54, 1.807) is 0 Å². The third kappa shape index (κ3) is 6.28. The minimum Gasteiger partial charge on any atom is -0.309 e. The lowest BCUT2D eigenvalue weighted by Crippen LogP contribution is -1.94. The average molecular weight is 942 g/mol. The molecule has 1 nitrogen and oxygen atoms in total. The summed E-state index contributed by atoms with van der Waals surface area (Å²) < 4.78 is 10.4. The van der Waals surface area contributed by atoms with E-state index in [1.165, 1.54) is 138 Å². The Morgan fingerprint density at radius 1 is 0.229 bits per heavy atom. The third-order valence-corrected chi connectivity index (χ3v) is 18.1. The Labute approximate surface area is 416 Å². The van der Waals surface area contributed by atoms with Crippen molar-refractivity contribution in [1.82, 2.24) is 4.57 Å². The largest absolute Gasteiger partial charge is 0.309 e. The standard InChI is InChI=1S/C66H39NS3/c1-5-17-62-51(9-1)54-14-7-12-49(65(54)69-62)43-23-19-40(20-24-43)41-27-32-48(33-28-41)67-59-34-29-45(42-21-25-44(26-22-42)50-13-8-15-55-52-10-2-6-18-63(52)70-66(50)55)37-56(59)57-38-46(30-35-60(57)67)47-31-36-64-58(39-47)53-11-3-4-16-61(53)68-64/h1-39H. The van der Waals surface area contributed by atoms with E-state index in [0.29, 0.717) is 0 Å². The van der Waals surface area contributed by atoms with E-state index in [-0.39, 0.29) is 0 Å². The zero-order chi connectivity index (χ0) is 45.9. The SMILES string of the molecule is c1ccc2c(c1)sc1ccc(-c3ccc4c(c3)c3cc(-c5ccc(-c6cccc7c6sc6ccccc67)cc5)ccc3n4-c3ccc(-c4ccc(-c5cccc6c5sc5ccccc56)cc4)cc3)cc12. The molecule has 0 amide bonds. The number of nitrogens with zero attached hydrogens (tertiary/aromatic N) is 1. The molecule has 326 valence electrons. The van der Waals surface area contributed by atoms with Crippen LogP contribution in [0.3, 0.4) is 0 Å². The molecule has 15 aromatic rings. The predicted molar refractivity (Wildman–Crippen MR) is 307 cm³/mol. The van der Waals surface area contributed by atoms with Crippen LogP contribution >= 0.6 is 34.0 Å². The van der Waals surface area contributed by atoms with E-state index in [0.717, 1.165) is 5.69 Å². The van der Waals surface area contributed by atoms with Gasteiger partial charge in [-0.1, -0.05) is 170 Å². The molecule has 4 heteroatoms. The minimum absolute atomic E-state index is 1.14. The maximum Gasteiger partial charge on any atom is 0.0541 e. The second kappa shape index (κ2) is 15.7. The summed E-state index contributed by atoms with van der Waals surface area (Å²) in [6.45, 7) is 0. The van der Waals surface area contributed by atoms with E-state index >= 15 is 0 Å². The number of hydrogen-bond acceptors (Lipinski definition) is 3. The highest BCUT2D eigenvalue weighted by Crippen LogP contribution is 2.44. The van der Waals surface area contributed by atoms with Crippen molar-refractivity contribution in [3.05, 3.63) is 237 Å². The summed E-state index contributed by atoms with van der Waals surface area (Å²) in [5, 5.41) is 10.4. The van der Waals surface area contributed by atoms with Gasteiger partial charge in [-0.3, -0.25) is 0 Å². The van der Waals surface area contributed by atoms with Gasteiger partial charge in [-0.25, -0.2) is 0 Å². The minimum atomic E-state index is 1.14. The molecule has 0 spiro atoms. The van der Waals surface area contributed by atoms with Gasteiger partial charge in [-0.2, -0.15) is 0 Å². The second-order valence-corrected chi connectivity index (χ2v) is 21.6. The molecule has 0 aliphatic rings. The fraction of sp³-hybridized carbons (Fsp3) is 0. The summed E-state index contributed by atoms with van der Waals surface area (Å²) in [7, 11) is 0. The van der Waals surface area contributed by atoms with Gasteiger partial charge in [0.25, 0.3) is 0 Å². The van der Waals surface area contributed by atoms with Crippen molar-refractivity contribution in [3.63, 3.8) is 0 Å². The van der Waals surface area contributed by atoms with Crippen LogP contribution < -0.4 is 0 Å². The monoisotopic (exact) mass is 941 g/mol. The zero-order valence-corrected chi connectivity index (χ0v) is 40.1. The molecule has 0 N–H and O–H groups in total. The first-order valence-electron chi connectivity index (χ1n) is 23.8. The van der Waals surface area contributed by atoms with Crippen LogP contribution in [0.4, 0.5) is 0 Å². The lowest BCUT2D eigenvalue weighted by atomic mass is 9.97. The number of rotatable bonds is 6. The molecule has 70 heavy (non-hydrogen) atoms. The summed E-state index contributed by atoms with van der Waals surface area (Å²) in [6.07, 6.45) is 0. The van der Waals surface area contributed by atoms with Crippen LogP contribution in [0.1, 0.15) is 0 Å². The van der Waals surface area contributed by atoms with Crippen LogP contribution in [0.5, 0.6) is 0 Å². The molecule has 0 atom stereocenters. The van der Waals surface area contributed by atoms with Gasteiger partial charge in [-0.15, -0.1) is 34.0 Å². The second-order valence-electron chi connectivity index (χ2n) is 18.4. The van der Waals surface area contributed by atoms with E-state index in [9.17, 15) is 0 Å². The Morgan fingerprint density at radius 3 is 1.11 bits per heavy atom. The lowest BCUT2D eigenvalue weighted by Gasteiger charge is -2.11. The summed E-state index contributed by atoms with van der Waals surface area (Å²) >= 11 is 5.64. The number of thiophene rings is 3. The van der Waals surface area contributed by atoms with Crippen molar-refractivity contribution in [2.75, 3.05) is 0 Å². The van der Waals surface area contributed by atoms with E-state index in [1.807, 2.05) is 34.0 Å². The maximum atomic E-state index is 2.45. The molecular formula is C66H39NS3. The van der Waals surface area contributed by atoms with Crippen LogP contribution in [-0.4, -0.2) is 4.57 Å². The Morgan fingerprint density at radius 2 is 0.586 bits per heavy atom. The van der Waals surface area contributed by atoms with Crippen LogP contribution in [0.2, 0.25) is 0 Å². The summed E-state index contributed by atoms with van der Waals surface area (Å²) in [6, 6.07) is 88.1. The van der Waals surface area contributed by atoms with Gasteiger partial charge in [0.2, 0.25) is 0 Å². The summed E-state index contributed by atoms with van der Waals surface area (Å²) in [5.74, 6) is 0. The van der Waals surface area contributed by atoms with Gasteiger partial charge in [0, 0.05) is 77.0 Å². The first kappa shape index (κ1) is 39.8. The Balaban J connectivity index is 0.819. The van der Waals surface area contributed by atoms with Crippen molar-refractivity contribution >= 4 is 116 Å². The predicted octanol–water partition coefficient (Wildman–Crippen LogP) is 20.2. The van der Waals surface area contributed by atoms with Gasteiger partial charge >= 0.3 is 0 Å². The molecular weight excluding hydrogens is 903 g/mol. The first-order chi connectivity index (χ1) is 34.7. The van der Waals surface area contributed by atoms with Gasteiger partial charge in [0.05, 0.1) is 11.0 Å². The molecule has 0 radical (unpaired) electrons. The fourth-order valence-corrected chi connectivity index (χ4v) is 14.6. The fourth-order valence-electron chi connectivity index (χ4n) is 11.0. The number of aromatic nitrogens is 1. The van der Waals surface area contributed by atoms with Crippen LogP contribution in [-0.2, 0) is 0 Å². The number of benzene rings is 11. The summed E-state index contributed by atoms with van der Waals surface area (Å²) in [5.41, 5.74) is 15.8. The van der Waals surface area contributed by atoms with E-state index in [4.69, 9.17) is 0 Å². The topological polar surface area (TPSA) is 4.93 Å². The van der Waals surface area contributed by atoms with Crippen LogP contribution in [0.15, 0.2) is 237 Å². The summed E-state index contributed by atoms with van der Waals surface area (Å²) in [4.78, 5) is 0. The van der Waals surface area contributed by atoms with Gasteiger partial charge < -0.3 is 4.57 Å². The van der Waals surface area contributed by atoms with E-state index in [2.05, 4.69) is 241 Å². The molecule has 15 rings (SSSR count). The number of hydrogen-bond donors (Lipinski definition) is 0. The van der Waals surface area contributed by atoms with Crippen molar-refractivity contribution in [3.8, 4) is 61.3 Å². The molecule has 0 fully saturated rings. The first-order valence-corrected chi connectivity index (χ1v) is 26.2. The van der Waals surface area contributed by atoms with Crippen molar-refractivity contribution < 1.29 is 0 Å². The average Bonchev–Trinajstić information content (AvgIpc) is 4.20.